The third-order valence-corrected chi connectivity index (χ3v) is 5.95. The third-order valence-electron chi connectivity index (χ3n) is 4.18. The highest BCUT2D eigenvalue weighted by Crippen LogP contribution is 2.25. The molecule has 1 amide bonds. The van der Waals surface area contributed by atoms with Gasteiger partial charge in [0.15, 0.2) is 0 Å². The highest BCUT2D eigenvalue weighted by molar-refractivity contribution is 7.92. The van der Waals surface area contributed by atoms with Crippen molar-refractivity contribution in [3.05, 3.63) is 90.7 Å². The zero-order valence-electron chi connectivity index (χ0n) is 16.1. The first-order valence-corrected chi connectivity index (χ1v) is 10.7. The molecule has 0 saturated heterocycles. The monoisotopic (exact) mass is 428 g/mol. The Morgan fingerprint density at radius 1 is 0.900 bits per heavy atom. The smallest absolute Gasteiger partial charge is 0.264 e. The van der Waals surface area contributed by atoms with E-state index in [-0.39, 0.29) is 23.7 Å². The van der Waals surface area contributed by atoms with Gasteiger partial charge < -0.3 is 10.1 Å². The standard InChI is InChI=1S/C22H21FN2O4S/c23-20-13-7-8-14-21(20)25(30(27,28)19-11-5-2-6-12-19)17-22(26)24-15-16-29-18-9-3-1-4-10-18/h1-14H,15-17H2,(H,24,26). The molecule has 3 aromatic carbocycles. The van der Waals surface area contributed by atoms with Crippen LogP contribution in [0.5, 0.6) is 5.75 Å². The van der Waals surface area contributed by atoms with Gasteiger partial charge in [0.1, 0.15) is 24.7 Å². The molecule has 0 aliphatic heterocycles. The molecule has 0 aliphatic rings. The van der Waals surface area contributed by atoms with Crippen molar-refractivity contribution < 1.29 is 22.3 Å². The number of nitrogens with one attached hydrogen (secondary N) is 1. The van der Waals surface area contributed by atoms with Gasteiger partial charge in [-0.25, -0.2) is 12.8 Å². The van der Waals surface area contributed by atoms with E-state index in [1.165, 1.54) is 30.3 Å². The average molecular weight is 428 g/mol. The minimum absolute atomic E-state index is 0.0338. The molecule has 156 valence electrons. The van der Waals surface area contributed by atoms with E-state index in [9.17, 15) is 17.6 Å². The summed E-state index contributed by atoms with van der Waals surface area (Å²) in [5.74, 6) is -0.655. The summed E-state index contributed by atoms with van der Waals surface area (Å²) >= 11 is 0. The van der Waals surface area contributed by atoms with Crippen molar-refractivity contribution in [3.8, 4) is 5.75 Å². The van der Waals surface area contributed by atoms with Crippen LogP contribution in [-0.4, -0.2) is 34.0 Å². The molecule has 0 spiro atoms. The molecule has 3 rings (SSSR count). The molecule has 0 fully saturated rings. The van der Waals surface area contributed by atoms with Gasteiger partial charge in [-0.05, 0) is 36.4 Å². The van der Waals surface area contributed by atoms with Crippen molar-refractivity contribution in [2.75, 3.05) is 24.0 Å². The van der Waals surface area contributed by atoms with Crippen LogP contribution in [0.25, 0.3) is 0 Å². The van der Waals surface area contributed by atoms with Crippen LogP contribution >= 0.6 is 0 Å². The molecule has 0 atom stereocenters. The summed E-state index contributed by atoms with van der Waals surface area (Å²) in [5, 5.41) is 2.60. The fourth-order valence-corrected chi connectivity index (χ4v) is 4.19. The Morgan fingerprint density at radius 2 is 1.50 bits per heavy atom. The molecular formula is C22H21FN2O4S. The Kier molecular flexibility index (Phi) is 7.03. The lowest BCUT2D eigenvalue weighted by Gasteiger charge is -2.24. The van der Waals surface area contributed by atoms with Crippen LogP contribution in [0, 0.1) is 5.82 Å². The number of hydrogen-bond donors (Lipinski definition) is 1. The number of para-hydroxylation sites is 2. The molecule has 0 unspecified atom stereocenters. The van der Waals surface area contributed by atoms with Crippen LogP contribution in [0.3, 0.4) is 0 Å². The van der Waals surface area contributed by atoms with Crippen molar-refractivity contribution in [2.24, 2.45) is 0 Å². The number of nitrogens with zero attached hydrogens (tertiary/aromatic N) is 1. The second-order valence-electron chi connectivity index (χ2n) is 6.29. The molecule has 6 nitrogen and oxygen atoms in total. The number of benzene rings is 3. The van der Waals surface area contributed by atoms with Crippen molar-refractivity contribution >= 4 is 21.6 Å². The maximum atomic E-state index is 14.4. The summed E-state index contributed by atoms with van der Waals surface area (Å²) in [4.78, 5) is 12.4. The van der Waals surface area contributed by atoms with Gasteiger partial charge in [0, 0.05) is 0 Å². The number of hydrogen-bond acceptors (Lipinski definition) is 4. The molecule has 0 aromatic heterocycles. The molecule has 3 aromatic rings. The molecule has 0 aliphatic carbocycles. The van der Waals surface area contributed by atoms with Crippen molar-refractivity contribution in [1.82, 2.24) is 5.32 Å². The maximum absolute atomic E-state index is 14.4. The lowest BCUT2D eigenvalue weighted by Crippen LogP contribution is -2.42. The van der Waals surface area contributed by atoms with E-state index < -0.39 is 28.3 Å². The van der Waals surface area contributed by atoms with E-state index in [1.807, 2.05) is 18.2 Å². The van der Waals surface area contributed by atoms with Gasteiger partial charge in [0.2, 0.25) is 5.91 Å². The van der Waals surface area contributed by atoms with Gasteiger partial charge in [0.05, 0.1) is 17.1 Å². The van der Waals surface area contributed by atoms with E-state index >= 15 is 0 Å². The van der Waals surface area contributed by atoms with Gasteiger partial charge in [-0.1, -0.05) is 48.5 Å². The number of sulfonamides is 1. The fraction of sp³-hybridized carbons (Fsp3) is 0.136. The summed E-state index contributed by atoms with van der Waals surface area (Å²) in [7, 11) is -4.14. The van der Waals surface area contributed by atoms with E-state index in [0.29, 0.717) is 5.75 Å². The molecule has 0 radical (unpaired) electrons. The first-order valence-electron chi connectivity index (χ1n) is 9.25. The largest absolute Gasteiger partial charge is 0.492 e. The minimum atomic E-state index is -4.14. The van der Waals surface area contributed by atoms with Crippen molar-refractivity contribution in [2.45, 2.75) is 4.90 Å². The predicted molar refractivity (Wildman–Crippen MR) is 112 cm³/mol. The van der Waals surface area contributed by atoms with Crippen LogP contribution in [0.1, 0.15) is 0 Å². The molecule has 0 saturated carbocycles. The van der Waals surface area contributed by atoms with Crippen LogP contribution in [0.2, 0.25) is 0 Å². The molecule has 0 bridgehead atoms. The molecule has 8 heteroatoms. The Balaban J connectivity index is 1.71. The predicted octanol–water partition coefficient (Wildman–Crippen LogP) is 3.22. The van der Waals surface area contributed by atoms with Crippen molar-refractivity contribution in [1.29, 1.82) is 0 Å². The molecule has 30 heavy (non-hydrogen) atoms. The second-order valence-corrected chi connectivity index (χ2v) is 8.15. The highest BCUT2D eigenvalue weighted by atomic mass is 32.2. The van der Waals surface area contributed by atoms with E-state index in [4.69, 9.17) is 4.74 Å². The van der Waals surface area contributed by atoms with Gasteiger partial charge in [-0.3, -0.25) is 9.10 Å². The summed E-state index contributed by atoms with van der Waals surface area (Å²) in [6, 6.07) is 22.1. The Bertz CT molecular complexity index is 1080. The number of rotatable bonds is 9. The van der Waals surface area contributed by atoms with Crippen LogP contribution in [-0.2, 0) is 14.8 Å². The Morgan fingerprint density at radius 3 is 2.17 bits per heavy atom. The number of carbonyl (C=O) groups is 1. The first kappa shape index (κ1) is 21.3. The summed E-state index contributed by atoms with van der Waals surface area (Å²) in [5.41, 5.74) is -0.197. The topological polar surface area (TPSA) is 75.7 Å². The lowest BCUT2D eigenvalue weighted by molar-refractivity contribution is -0.119. The Labute approximate surface area is 175 Å². The molecule has 0 heterocycles. The van der Waals surface area contributed by atoms with Crippen LogP contribution in [0.4, 0.5) is 10.1 Å². The summed E-state index contributed by atoms with van der Waals surface area (Å²) in [6.45, 7) is -0.186. The van der Waals surface area contributed by atoms with Crippen LogP contribution in [0.15, 0.2) is 89.8 Å². The summed E-state index contributed by atoms with van der Waals surface area (Å²) < 4.78 is 46.8. The third kappa shape index (κ3) is 5.36. The van der Waals surface area contributed by atoms with Crippen molar-refractivity contribution in [3.63, 3.8) is 0 Å². The minimum Gasteiger partial charge on any atom is -0.492 e. The van der Waals surface area contributed by atoms with Gasteiger partial charge >= 0.3 is 0 Å². The number of amides is 1. The van der Waals surface area contributed by atoms with E-state index in [1.54, 1.807) is 30.3 Å². The summed E-state index contributed by atoms with van der Waals surface area (Å²) in [6.07, 6.45) is 0. The highest BCUT2D eigenvalue weighted by Gasteiger charge is 2.28. The number of halogens is 1. The lowest BCUT2D eigenvalue weighted by atomic mass is 10.3. The average Bonchev–Trinajstić information content (AvgIpc) is 2.77. The van der Waals surface area contributed by atoms with E-state index in [2.05, 4.69) is 5.32 Å². The fourth-order valence-electron chi connectivity index (χ4n) is 2.74. The normalized spacial score (nSPS) is 11.0. The number of anilines is 1. The van der Waals surface area contributed by atoms with Gasteiger partial charge in [0.25, 0.3) is 10.0 Å². The number of ether oxygens (including phenoxy) is 1. The quantitative estimate of drug-likeness (QED) is 0.531. The molecular weight excluding hydrogens is 407 g/mol. The Hall–Kier alpha value is -3.39. The zero-order valence-corrected chi connectivity index (χ0v) is 16.9. The molecule has 1 N–H and O–H groups in total. The first-order chi connectivity index (χ1) is 14.5. The second kappa shape index (κ2) is 9.89. The van der Waals surface area contributed by atoms with Gasteiger partial charge in [-0.2, -0.15) is 0 Å². The SMILES string of the molecule is O=C(CN(c1ccccc1F)S(=O)(=O)c1ccccc1)NCCOc1ccccc1. The van der Waals surface area contributed by atoms with Crippen LogP contribution < -0.4 is 14.4 Å². The zero-order chi connectivity index (χ0) is 21.4. The number of carbonyl (C=O) groups excluding carboxylic acids is 1. The van der Waals surface area contributed by atoms with Gasteiger partial charge in [-0.15, -0.1) is 0 Å². The maximum Gasteiger partial charge on any atom is 0.264 e. The van der Waals surface area contributed by atoms with E-state index in [0.717, 1.165) is 10.4 Å².